The first-order valence-electron chi connectivity index (χ1n) is 6.44. The van der Waals surface area contributed by atoms with Gasteiger partial charge in [-0.3, -0.25) is 4.79 Å². The van der Waals surface area contributed by atoms with Crippen LogP contribution in [0.3, 0.4) is 0 Å². The van der Waals surface area contributed by atoms with Gasteiger partial charge in [-0.25, -0.2) is 4.39 Å². The van der Waals surface area contributed by atoms with Crippen LogP contribution in [0.4, 0.5) is 4.39 Å². The quantitative estimate of drug-likeness (QED) is 0.913. The Morgan fingerprint density at radius 2 is 2.32 bits per heavy atom. The van der Waals surface area contributed by atoms with Crippen LogP contribution in [0, 0.1) is 5.82 Å². The molecule has 1 saturated heterocycles. The number of amides is 1. The second kappa shape index (κ2) is 6.02. The van der Waals surface area contributed by atoms with E-state index in [1.807, 2.05) is 0 Å². The molecule has 1 aromatic carbocycles. The lowest BCUT2D eigenvalue weighted by atomic mass is 10.1. The summed E-state index contributed by atoms with van der Waals surface area (Å²) in [4.78, 5) is 13.5. The van der Waals surface area contributed by atoms with Gasteiger partial charge in [0.15, 0.2) is 0 Å². The maximum atomic E-state index is 13.6. The van der Waals surface area contributed by atoms with Gasteiger partial charge in [-0.1, -0.05) is 6.07 Å². The number of phenols is 1. The van der Waals surface area contributed by atoms with Gasteiger partial charge in [-0.2, -0.15) is 0 Å². The molecule has 0 aliphatic carbocycles. The minimum absolute atomic E-state index is 0.00313. The van der Waals surface area contributed by atoms with Crippen molar-refractivity contribution in [3.63, 3.8) is 0 Å². The van der Waals surface area contributed by atoms with Crippen molar-refractivity contribution in [2.45, 2.75) is 25.4 Å². The second-order valence-electron chi connectivity index (χ2n) is 4.81. The summed E-state index contributed by atoms with van der Waals surface area (Å²) in [5, 5.41) is 9.60. The molecule has 1 fully saturated rings. The van der Waals surface area contributed by atoms with Crippen LogP contribution < -0.4 is 0 Å². The van der Waals surface area contributed by atoms with Gasteiger partial charge in [-0.05, 0) is 31.4 Å². The van der Waals surface area contributed by atoms with Crippen LogP contribution in [-0.4, -0.2) is 42.2 Å². The number of hydrogen-bond acceptors (Lipinski definition) is 3. The first-order valence-corrected chi connectivity index (χ1v) is 6.44. The molecule has 0 radical (unpaired) electrons. The number of nitrogens with zero attached hydrogens (tertiary/aromatic N) is 1. The number of carbonyl (C=O) groups is 1. The van der Waals surface area contributed by atoms with E-state index in [0.717, 1.165) is 25.3 Å². The Balaban J connectivity index is 2.06. The van der Waals surface area contributed by atoms with Crippen molar-refractivity contribution in [3.05, 3.63) is 29.6 Å². The molecule has 1 heterocycles. The van der Waals surface area contributed by atoms with Gasteiger partial charge in [0.25, 0.3) is 5.91 Å². The molecule has 0 spiro atoms. The molecule has 0 saturated carbocycles. The van der Waals surface area contributed by atoms with Crippen LogP contribution in [0.25, 0.3) is 0 Å². The highest BCUT2D eigenvalue weighted by Gasteiger charge is 2.23. The van der Waals surface area contributed by atoms with Crippen molar-refractivity contribution >= 4 is 5.91 Å². The molecule has 1 atom stereocenters. The van der Waals surface area contributed by atoms with Gasteiger partial charge in [-0.15, -0.1) is 0 Å². The molecule has 0 bridgehead atoms. The van der Waals surface area contributed by atoms with Crippen LogP contribution in [0.1, 0.15) is 29.6 Å². The van der Waals surface area contributed by atoms with E-state index < -0.39 is 11.7 Å². The Bertz CT molecular complexity index is 438. The molecule has 1 unspecified atom stereocenters. The molecule has 4 nitrogen and oxygen atoms in total. The Morgan fingerprint density at radius 3 is 2.95 bits per heavy atom. The third kappa shape index (κ3) is 3.23. The highest BCUT2D eigenvalue weighted by atomic mass is 19.1. The molecule has 19 heavy (non-hydrogen) atoms. The zero-order valence-electron chi connectivity index (χ0n) is 10.9. The molecule has 0 aromatic heterocycles. The number of likely N-dealkylation sites (N-methyl/N-ethyl adjacent to an activating group) is 1. The molecule has 1 amide bonds. The van der Waals surface area contributed by atoms with E-state index in [2.05, 4.69) is 0 Å². The fourth-order valence-electron chi connectivity index (χ4n) is 2.26. The molecule has 1 N–H and O–H groups in total. The van der Waals surface area contributed by atoms with Crippen LogP contribution in [-0.2, 0) is 4.74 Å². The van der Waals surface area contributed by atoms with Crippen LogP contribution >= 0.6 is 0 Å². The van der Waals surface area contributed by atoms with Gasteiger partial charge >= 0.3 is 0 Å². The summed E-state index contributed by atoms with van der Waals surface area (Å²) >= 11 is 0. The molecule has 5 heteroatoms. The van der Waals surface area contributed by atoms with Crippen LogP contribution in [0.5, 0.6) is 5.75 Å². The molecular formula is C14H18FNO3. The number of rotatable bonds is 3. The first-order chi connectivity index (χ1) is 9.09. The topological polar surface area (TPSA) is 49.8 Å². The summed E-state index contributed by atoms with van der Waals surface area (Å²) in [6, 6.07) is 3.84. The first kappa shape index (κ1) is 13.8. The standard InChI is InChI=1S/C14H18FNO3/c1-16(9-10-5-2-3-8-19-10)14(18)13-11(15)6-4-7-12(13)17/h4,6-7,10,17H,2-3,5,8-9H2,1H3. The maximum absolute atomic E-state index is 13.6. The average Bonchev–Trinajstić information content (AvgIpc) is 2.39. The van der Waals surface area contributed by atoms with E-state index in [-0.39, 0.29) is 17.4 Å². The van der Waals surface area contributed by atoms with E-state index in [4.69, 9.17) is 4.74 Å². The Labute approximate surface area is 111 Å². The smallest absolute Gasteiger partial charge is 0.260 e. The number of aromatic hydroxyl groups is 1. The number of halogens is 1. The lowest BCUT2D eigenvalue weighted by molar-refractivity contribution is -0.000326. The number of ether oxygens (including phenoxy) is 1. The van der Waals surface area contributed by atoms with E-state index >= 15 is 0 Å². The van der Waals surface area contributed by atoms with Crippen LogP contribution in [0.15, 0.2) is 18.2 Å². The minimum Gasteiger partial charge on any atom is -0.507 e. The fraction of sp³-hybridized carbons (Fsp3) is 0.500. The van der Waals surface area contributed by atoms with Crippen molar-refractivity contribution in [2.24, 2.45) is 0 Å². The summed E-state index contributed by atoms with van der Waals surface area (Å²) in [5.74, 6) is -1.56. The van der Waals surface area contributed by atoms with Gasteiger partial charge in [0.2, 0.25) is 0 Å². The molecule has 2 rings (SSSR count). The molecular weight excluding hydrogens is 249 g/mol. The van der Waals surface area contributed by atoms with Crippen molar-refractivity contribution in [2.75, 3.05) is 20.2 Å². The minimum atomic E-state index is -0.707. The summed E-state index contributed by atoms with van der Waals surface area (Å²) in [6.45, 7) is 1.12. The predicted octanol–water partition coefficient (Wildman–Crippen LogP) is 2.17. The third-order valence-electron chi connectivity index (χ3n) is 3.30. The van der Waals surface area contributed by atoms with Crippen molar-refractivity contribution in [1.82, 2.24) is 4.90 Å². The zero-order chi connectivity index (χ0) is 13.8. The fourth-order valence-corrected chi connectivity index (χ4v) is 2.26. The highest BCUT2D eigenvalue weighted by Crippen LogP contribution is 2.22. The van der Waals surface area contributed by atoms with E-state index in [9.17, 15) is 14.3 Å². The van der Waals surface area contributed by atoms with Crippen molar-refractivity contribution < 1.29 is 19.0 Å². The second-order valence-corrected chi connectivity index (χ2v) is 4.81. The Kier molecular flexibility index (Phi) is 4.37. The zero-order valence-corrected chi connectivity index (χ0v) is 10.9. The SMILES string of the molecule is CN(CC1CCCCO1)C(=O)c1c(O)cccc1F. The van der Waals surface area contributed by atoms with Crippen LogP contribution in [0.2, 0.25) is 0 Å². The monoisotopic (exact) mass is 267 g/mol. The summed E-state index contributed by atoms with van der Waals surface area (Å²) in [6.07, 6.45) is 3.03. The van der Waals surface area contributed by atoms with Crippen molar-refractivity contribution in [3.8, 4) is 5.75 Å². The lowest BCUT2D eigenvalue weighted by Gasteiger charge is -2.27. The van der Waals surface area contributed by atoms with E-state index in [1.165, 1.54) is 17.0 Å². The van der Waals surface area contributed by atoms with Gasteiger partial charge in [0.05, 0.1) is 6.10 Å². The van der Waals surface area contributed by atoms with Crippen molar-refractivity contribution in [1.29, 1.82) is 0 Å². The average molecular weight is 267 g/mol. The third-order valence-corrected chi connectivity index (χ3v) is 3.30. The Morgan fingerprint density at radius 1 is 1.53 bits per heavy atom. The number of benzene rings is 1. The number of hydrogen-bond donors (Lipinski definition) is 1. The van der Waals surface area contributed by atoms with E-state index in [1.54, 1.807) is 7.05 Å². The van der Waals surface area contributed by atoms with E-state index in [0.29, 0.717) is 13.2 Å². The number of carbonyl (C=O) groups excluding carboxylic acids is 1. The van der Waals surface area contributed by atoms with Gasteiger partial charge in [0.1, 0.15) is 17.1 Å². The lowest BCUT2D eigenvalue weighted by Crippen LogP contribution is -2.37. The molecule has 1 aromatic rings. The molecule has 104 valence electrons. The molecule has 1 aliphatic heterocycles. The summed E-state index contributed by atoms with van der Waals surface area (Å²) < 4.78 is 19.1. The van der Waals surface area contributed by atoms with Gasteiger partial charge in [0, 0.05) is 20.2 Å². The summed E-state index contributed by atoms with van der Waals surface area (Å²) in [5.41, 5.74) is -0.277. The number of phenolic OH excluding ortho intramolecular Hbond substituents is 1. The Hall–Kier alpha value is -1.62. The highest BCUT2D eigenvalue weighted by molar-refractivity contribution is 5.96. The van der Waals surface area contributed by atoms with Gasteiger partial charge < -0.3 is 14.7 Å². The maximum Gasteiger partial charge on any atom is 0.260 e. The molecule has 1 aliphatic rings. The summed E-state index contributed by atoms with van der Waals surface area (Å²) in [7, 11) is 1.59. The largest absolute Gasteiger partial charge is 0.507 e. The normalized spacial score (nSPS) is 19.2. The predicted molar refractivity (Wildman–Crippen MR) is 68.6 cm³/mol.